The fraction of sp³-hybridized carbons (Fsp3) is 0.917. The van der Waals surface area contributed by atoms with Gasteiger partial charge in [-0.1, -0.05) is 32.5 Å². The first-order valence-electron chi connectivity index (χ1n) is 6.00. The van der Waals surface area contributed by atoms with E-state index in [1.807, 2.05) is 11.8 Å². The number of hydrogen-bond acceptors (Lipinski definition) is 3. The molecule has 1 atom stereocenters. The first-order chi connectivity index (χ1) is 7.57. The van der Waals surface area contributed by atoms with Gasteiger partial charge in [-0.25, -0.2) is 0 Å². The van der Waals surface area contributed by atoms with Crippen molar-refractivity contribution in [3.05, 3.63) is 0 Å². The molecule has 1 fully saturated rings. The fourth-order valence-corrected chi connectivity index (χ4v) is 2.58. The van der Waals surface area contributed by atoms with Crippen LogP contribution in [0, 0.1) is 5.41 Å². The second kappa shape index (κ2) is 6.50. The molecule has 0 saturated carbocycles. The first kappa shape index (κ1) is 13.8. The third-order valence-corrected chi connectivity index (χ3v) is 3.96. The minimum atomic E-state index is 0.232. The summed E-state index contributed by atoms with van der Waals surface area (Å²) in [6.07, 6.45) is 2.24. The van der Waals surface area contributed by atoms with Crippen molar-refractivity contribution >= 4 is 16.9 Å². The predicted molar refractivity (Wildman–Crippen MR) is 72.2 cm³/mol. The maximum absolute atomic E-state index is 5.11. The van der Waals surface area contributed by atoms with Gasteiger partial charge in [-0.2, -0.15) is 0 Å². The first-order valence-corrected chi connectivity index (χ1v) is 6.98. The Morgan fingerprint density at radius 1 is 1.56 bits per heavy atom. The van der Waals surface area contributed by atoms with Gasteiger partial charge in [-0.3, -0.25) is 4.99 Å². The smallest absolute Gasteiger partial charge is 0.156 e. The molecule has 1 unspecified atom stereocenters. The zero-order valence-electron chi connectivity index (χ0n) is 10.9. The minimum absolute atomic E-state index is 0.232. The van der Waals surface area contributed by atoms with E-state index in [9.17, 15) is 0 Å². The van der Waals surface area contributed by atoms with Crippen LogP contribution < -0.4 is 5.32 Å². The van der Waals surface area contributed by atoms with Crippen LogP contribution in [0.5, 0.6) is 0 Å². The summed E-state index contributed by atoms with van der Waals surface area (Å²) in [5.41, 5.74) is 0.232. The number of thioether (sulfide) groups is 1. The molecule has 1 saturated heterocycles. The molecule has 0 aromatic carbocycles. The second-order valence-electron chi connectivity index (χ2n) is 5.09. The Bertz CT molecular complexity index is 241. The number of aliphatic imine (C=N–C) groups is 1. The normalized spacial score (nSPS) is 23.8. The van der Waals surface area contributed by atoms with E-state index >= 15 is 0 Å². The highest BCUT2D eigenvalue weighted by molar-refractivity contribution is 8.14. The Balaban J connectivity index is 2.35. The van der Waals surface area contributed by atoms with Gasteiger partial charge in [0.2, 0.25) is 0 Å². The number of amidine groups is 1. The van der Waals surface area contributed by atoms with Gasteiger partial charge in [0.1, 0.15) is 0 Å². The van der Waals surface area contributed by atoms with Gasteiger partial charge in [0, 0.05) is 32.1 Å². The topological polar surface area (TPSA) is 33.6 Å². The quantitative estimate of drug-likeness (QED) is 0.779. The molecule has 3 nitrogen and oxygen atoms in total. The second-order valence-corrected chi connectivity index (χ2v) is 6.10. The van der Waals surface area contributed by atoms with Crippen molar-refractivity contribution in [3.8, 4) is 0 Å². The molecule has 1 rings (SSSR count). The van der Waals surface area contributed by atoms with Crippen molar-refractivity contribution in [2.75, 3.05) is 26.0 Å². The van der Waals surface area contributed by atoms with Crippen molar-refractivity contribution in [1.29, 1.82) is 0 Å². The minimum Gasteiger partial charge on any atom is -0.385 e. The Morgan fingerprint density at radius 3 is 2.88 bits per heavy atom. The monoisotopic (exact) mass is 244 g/mol. The summed E-state index contributed by atoms with van der Waals surface area (Å²) in [6.45, 7) is 8.39. The van der Waals surface area contributed by atoms with Crippen LogP contribution >= 0.6 is 11.8 Å². The zero-order valence-corrected chi connectivity index (χ0v) is 11.7. The largest absolute Gasteiger partial charge is 0.385 e. The van der Waals surface area contributed by atoms with Gasteiger partial charge < -0.3 is 10.1 Å². The molecule has 0 spiro atoms. The van der Waals surface area contributed by atoms with E-state index in [1.165, 1.54) is 6.42 Å². The number of methoxy groups -OCH3 is 1. The Kier molecular flexibility index (Phi) is 5.62. The van der Waals surface area contributed by atoms with E-state index in [-0.39, 0.29) is 5.41 Å². The molecule has 0 aromatic rings. The van der Waals surface area contributed by atoms with Crippen molar-refractivity contribution in [1.82, 2.24) is 5.32 Å². The molecule has 0 aromatic heterocycles. The van der Waals surface area contributed by atoms with Crippen LogP contribution in [0.15, 0.2) is 4.99 Å². The number of nitrogens with one attached hydrogen (secondary N) is 1. The molecule has 1 heterocycles. The van der Waals surface area contributed by atoms with Crippen LogP contribution in [0.3, 0.4) is 0 Å². The summed E-state index contributed by atoms with van der Waals surface area (Å²) in [7, 11) is 1.75. The third kappa shape index (κ3) is 4.74. The van der Waals surface area contributed by atoms with E-state index < -0.39 is 0 Å². The van der Waals surface area contributed by atoms with Crippen LogP contribution in [0.25, 0.3) is 0 Å². The fourth-order valence-electron chi connectivity index (χ4n) is 1.49. The lowest BCUT2D eigenvalue weighted by atomic mass is 9.90. The SMILES string of the molecule is CCC1CSC(=NCC(C)(C)CCOC)N1. The van der Waals surface area contributed by atoms with Gasteiger partial charge in [0.25, 0.3) is 0 Å². The van der Waals surface area contributed by atoms with Crippen LogP contribution in [-0.4, -0.2) is 37.2 Å². The summed E-state index contributed by atoms with van der Waals surface area (Å²) in [5, 5.41) is 4.57. The van der Waals surface area contributed by atoms with Gasteiger partial charge in [-0.15, -0.1) is 0 Å². The molecular weight excluding hydrogens is 220 g/mol. The maximum atomic E-state index is 5.11. The molecule has 94 valence electrons. The van der Waals surface area contributed by atoms with E-state index in [4.69, 9.17) is 4.74 Å². The maximum Gasteiger partial charge on any atom is 0.156 e. The predicted octanol–water partition coefficient (Wildman–Crippen LogP) is 2.52. The standard InChI is InChI=1S/C12H24N2OS/c1-5-10-8-16-11(14-10)13-9-12(2,3)6-7-15-4/h10H,5-9H2,1-4H3,(H,13,14). The Hall–Kier alpha value is -0.220. The highest BCUT2D eigenvalue weighted by atomic mass is 32.2. The summed E-state index contributed by atoms with van der Waals surface area (Å²) in [4.78, 5) is 4.66. The van der Waals surface area contributed by atoms with Crippen LogP contribution in [0.1, 0.15) is 33.6 Å². The van der Waals surface area contributed by atoms with Crippen molar-refractivity contribution in [2.45, 2.75) is 39.7 Å². The van der Waals surface area contributed by atoms with Crippen molar-refractivity contribution in [2.24, 2.45) is 10.4 Å². The van der Waals surface area contributed by atoms with Gasteiger partial charge in [0.15, 0.2) is 5.17 Å². The molecule has 0 aliphatic carbocycles. The summed E-state index contributed by atoms with van der Waals surface area (Å²) < 4.78 is 5.11. The average molecular weight is 244 g/mol. The van der Waals surface area contributed by atoms with E-state index in [2.05, 4.69) is 31.1 Å². The lowest BCUT2D eigenvalue weighted by Crippen LogP contribution is -2.27. The summed E-state index contributed by atoms with van der Waals surface area (Å²) in [5.74, 6) is 1.16. The molecule has 1 aliphatic heterocycles. The number of nitrogens with zero attached hydrogens (tertiary/aromatic N) is 1. The van der Waals surface area contributed by atoms with Crippen LogP contribution in [0.4, 0.5) is 0 Å². The van der Waals surface area contributed by atoms with Crippen LogP contribution in [-0.2, 0) is 4.74 Å². The number of hydrogen-bond donors (Lipinski definition) is 1. The number of ether oxygens (including phenoxy) is 1. The molecular formula is C12H24N2OS. The third-order valence-electron chi connectivity index (χ3n) is 2.88. The molecule has 0 bridgehead atoms. The molecule has 0 radical (unpaired) electrons. The molecule has 1 aliphatic rings. The lowest BCUT2D eigenvalue weighted by Gasteiger charge is -2.21. The van der Waals surface area contributed by atoms with E-state index in [1.54, 1.807) is 7.11 Å². The number of rotatable bonds is 6. The molecule has 1 N–H and O–H groups in total. The molecule has 16 heavy (non-hydrogen) atoms. The van der Waals surface area contributed by atoms with Crippen molar-refractivity contribution < 1.29 is 4.74 Å². The van der Waals surface area contributed by atoms with Gasteiger partial charge in [-0.05, 0) is 18.3 Å². The average Bonchev–Trinajstić information content (AvgIpc) is 2.72. The Morgan fingerprint density at radius 2 is 2.31 bits per heavy atom. The van der Waals surface area contributed by atoms with Crippen LogP contribution in [0.2, 0.25) is 0 Å². The lowest BCUT2D eigenvalue weighted by molar-refractivity contribution is 0.155. The van der Waals surface area contributed by atoms with Gasteiger partial charge >= 0.3 is 0 Å². The molecule has 4 heteroatoms. The summed E-state index contributed by atoms with van der Waals surface area (Å²) >= 11 is 1.85. The zero-order chi connectivity index (χ0) is 12.0. The molecule has 0 amide bonds. The highest BCUT2D eigenvalue weighted by Crippen LogP contribution is 2.22. The van der Waals surface area contributed by atoms with Crippen molar-refractivity contribution in [3.63, 3.8) is 0 Å². The van der Waals surface area contributed by atoms with E-state index in [0.29, 0.717) is 6.04 Å². The van der Waals surface area contributed by atoms with Gasteiger partial charge in [0.05, 0.1) is 0 Å². The van der Waals surface area contributed by atoms with E-state index in [0.717, 1.165) is 30.5 Å². The highest BCUT2D eigenvalue weighted by Gasteiger charge is 2.21. The summed E-state index contributed by atoms with van der Waals surface area (Å²) in [6, 6.07) is 0.617. The Labute approximate surface area is 103 Å².